The van der Waals surface area contributed by atoms with Crippen LogP contribution in [-0.2, 0) is 4.74 Å². The Kier molecular flexibility index (Phi) is 5.00. The number of nitrogens with zero attached hydrogens (tertiary/aromatic N) is 2. The fourth-order valence-electron chi connectivity index (χ4n) is 5.07. The first-order valence-electron chi connectivity index (χ1n) is 10.7. The zero-order chi connectivity index (χ0) is 22.5. The number of ether oxygens (including phenoxy) is 4. The summed E-state index contributed by atoms with van der Waals surface area (Å²) in [6.45, 7) is 1.69. The van der Waals surface area contributed by atoms with Gasteiger partial charge in [0.2, 0.25) is 5.72 Å². The summed E-state index contributed by atoms with van der Waals surface area (Å²) in [5, 5.41) is 6.96. The van der Waals surface area contributed by atoms with Gasteiger partial charge in [0.1, 0.15) is 5.75 Å². The standard InChI is InChI=1S/C24H26F2N2O4/c1-23(2)14-24(11-12-30-23)28-18(16-8-6-10-20(29-3)21(16)32-24)13-17(27-28)15-7-4-5-9-19(15)31-22(25)26/h4-10,18,22H,11-14H2,1-3H3/t18-,24-/m0/s1. The third kappa shape index (κ3) is 3.46. The first-order chi connectivity index (χ1) is 15.3. The molecule has 32 heavy (non-hydrogen) atoms. The molecule has 3 heterocycles. The molecule has 0 saturated carbocycles. The molecule has 2 aromatic rings. The molecule has 2 aromatic carbocycles. The molecule has 0 N–H and O–H groups in total. The van der Waals surface area contributed by atoms with Crippen molar-refractivity contribution in [2.45, 2.75) is 57.1 Å². The molecule has 1 fully saturated rings. The molecule has 3 aliphatic heterocycles. The Labute approximate surface area is 185 Å². The maximum absolute atomic E-state index is 13.0. The van der Waals surface area contributed by atoms with Crippen LogP contribution in [0.15, 0.2) is 47.6 Å². The van der Waals surface area contributed by atoms with Crippen molar-refractivity contribution in [2.75, 3.05) is 13.7 Å². The number of alkyl halides is 2. The minimum absolute atomic E-state index is 0.114. The van der Waals surface area contributed by atoms with Crippen LogP contribution in [0.4, 0.5) is 8.78 Å². The van der Waals surface area contributed by atoms with Gasteiger partial charge in [0.15, 0.2) is 11.5 Å². The van der Waals surface area contributed by atoms with E-state index in [1.54, 1.807) is 31.4 Å². The molecule has 5 rings (SSSR count). The van der Waals surface area contributed by atoms with Crippen LogP contribution in [0.5, 0.6) is 17.2 Å². The summed E-state index contributed by atoms with van der Waals surface area (Å²) in [4.78, 5) is 0. The molecule has 0 radical (unpaired) electrons. The average Bonchev–Trinajstić information content (AvgIpc) is 3.19. The molecule has 2 atom stereocenters. The van der Waals surface area contributed by atoms with Gasteiger partial charge in [-0.2, -0.15) is 13.9 Å². The highest BCUT2D eigenvalue weighted by Crippen LogP contribution is 2.54. The van der Waals surface area contributed by atoms with Gasteiger partial charge in [0.25, 0.3) is 0 Å². The van der Waals surface area contributed by atoms with Gasteiger partial charge in [-0.15, -0.1) is 0 Å². The van der Waals surface area contributed by atoms with Crippen LogP contribution in [0.1, 0.15) is 50.3 Å². The van der Waals surface area contributed by atoms with E-state index >= 15 is 0 Å². The summed E-state index contributed by atoms with van der Waals surface area (Å²) >= 11 is 0. The monoisotopic (exact) mass is 444 g/mol. The van der Waals surface area contributed by atoms with Crippen molar-refractivity contribution in [3.05, 3.63) is 53.6 Å². The van der Waals surface area contributed by atoms with E-state index < -0.39 is 17.9 Å². The Hall–Kier alpha value is -2.87. The average molecular weight is 444 g/mol. The molecule has 1 spiro atoms. The highest BCUT2D eigenvalue weighted by Gasteiger charge is 2.55. The topological polar surface area (TPSA) is 52.5 Å². The van der Waals surface area contributed by atoms with Crippen molar-refractivity contribution in [3.63, 3.8) is 0 Å². The van der Waals surface area contributed by atoms with Gasteiger partial charge in [-0.3, -0.25) is 0 Å². The van der Waals surface area contributed by atoms with Crippen LogP contribution in [0.2, 0.25) is 0 Å². The molecule has 0 amide bonds. The van der Waals surface area contributed by atoms with E-state index in [-0.39, 0.29) is 11.8 Å². The van der Waals surface area contributed by atoms with Gasteiger partial charge in [-0.05, 0) is 32.0 Å². The SMILES string of the molecule is COc1cccc2c1O[C@]1(CCOC(C)(C)C1)N1N=C(c3ccccc3OC(F)F)C[C@@H]21. The summed E-state index contributed by atoms with van der Waals surface area (Å²) in [7, 11) is 1.63. The second-order valence-corrected chi connectivity index (χ2v) is 8.95. The fraction of sp³-hybridized carbons (Fsp3) is 0.458. The summed E-state index contributed by atoms with van der Waals surface area (Å²) in [6, 6.07) is 12.5. The van der Waals surface area contributed by atoms with E-state index in [2.05, 4.69) is 0 Å². The summed E-state index contributed by atoms with van der Waals surface area (Å²) in [5.74, 6) is 1.50. The summed E-state index contributed by atoms with van der Waals surface area (Å²) < 4.78 is 49.1. The Morgan fingerprint density at radius 3 is 2.66 bits per heavy atom. The van der Waals surface area contributed by atoms with E-state index in [0.29, 0.717) is 48.6 Å². The van der Waals surface area contributed by atoms with Crippen molar-refractivity contribution in [3.8, 4) is 17.2 Å². The van der Waals surface area contributed by atoms with Gasteiger partial charge in [-0.25, -0.2) is 5.01 Å². The maximum atomic E-state index is 13.0. The third-order valence-electron chi connectivity index (χ3n) is 6.31. The molecule has 6 nitrogen and oxygen atoms in total. The van der Waals surface area contributed by atoms with Crippen LogP contribution >= 0.6 is 0 Å². The van der Waals surface area contributed by atoms with Gasteiger partial charge >= 0.3 is 6.61 Å². The quantitative estimate of drug-likeness (QED) is 0.655. The molecule has 0 unspecified atom stereocenters. The smallest absolute Gasteiger partial charge is 0.387 e. The number of benzene rings is 2. The van der Waals surface area contributed by atoms with Crippen molar-refractivity contribution in [2.24, 2.45) is 5.10 Å². The molecule has 0 aliphatic carbocycles. The lowest BCUT2D eigenvalue weighted by Gasteiger charge is -2.52. The maximum Gasteiger partial charge on any atom is 0.387 e. The van der Waals surface area contributed by atoms with Crippen LogP contribution < -0.4 is 14.2 Å². The van der Waals surface area contributed by atoms with Crippen LogP contribution in [0.3, 0.4) is 0 Å². The van der Waals surface area contributed by atoms with E-state index in [4.69, 9.17) is 24.0 Å². The second kappa shape index (κ2) is 7.62. The lowest BCUT2D eigenvalue weighted by atomic mass is 9.86. The number of methoxy groups -OCH3 is 1. The molecule has 170 valence electrons. The number of halogens is 2. The highest BCUT2D eigenvalue weighted by molar-refractivity contribution is 6.04. The molecule has 0 bridgehead atoms. The van der Waals surface area contributed by atoms with Crippen LogP contribution in [0, 0.1) is 0 Å². The lowest BCUT2D eigenvalue weighted by Crippen LogP contribution is -2.60. The van der Waals surface area contributed by atoms with Gasteiger partial charge in [-0.1, -0.05) is 24.3 Å². The second-order valence-electron chi connectivity index (χ2n) is 8.95. The van der Waals surface area contributed by atoms with Crippen molar-refractivity contribution in [1.29, 1.82) is 0 Å². The molecular weight excluding hydrogens is 418 g/mol. The number of rotatable bonds is 4. The van der Waals surface area contributed by atoms with Crippen molar-refractivity contribution < 1.29 is 27.7 Å². The summed E-state index contributed by atoms with van der Waals surface area (Å²) in [6.07, 6.45) is 1.76. The zero-order valence-electron chi connectivity index (χ0n) is 18.3. The Morgan fingerprint density at radius 1 is 1.12 bits per heavy atom. The molecule has 3 aliphatic rings. The van der Waals surface area contributed by atoms with E-state index in [1.165, 1.54) is 0 Å². The largest absolute Gasteiger partial charge is 0.493 e. The van der Waals surface area contributed by atoms with Gasteiger partial charge in [0, 0.05) is 30.4 Å². The normalized spacial score (nSPS) is 25.8. The third-order valence-corrected chi connectivity index (χ3v) is 6.31. The van der Waals surface area contributed by atoms with Crippen LogP contribution in [-0.4, -0.2) is 42.4 Å². The number of hydrazone groups is 1. The highest BCUT2D eigenvalue weighted by atomic mass is 19.3. The number of para-hydroxylation sites is 2. The molecule has 0 aromatic heterocycles. The fourth-order valence-corrected chi connectivity index (χ4v) is 5.07. The Bertz CT molecular complexity index is 1060. The van der Waals surface area contributed by atoms with Gasteiger partial charge in [0.05, 0.1) is 31.1 Å². The number of fused-ring (bicyclic) bond motifs is 4. The first kappa shape index (κ1) is 21.0. The Balaban J connectivity index is 1.62. The number of hydrogen-bond donors (Lipinski definition) is 0. The first-order valence-corrected chi connectivity index (χ1v) is 10.7. The molecular formula is C24H26F2N2O4. The minimum Gasteiger partial charge on any atom is -0.493 e. The predicted molar refractivity (Wildman–Crippen MR) is 114 cm³/mol. The van der Waals surface area contributed by atoms with Crippen LogP contribution in [0.25, 0.3) is 0 Å². The van der Waals surface area contributed by atoms with E-state index in [1.807, 2.05) is 37.1 Å². The molecule has 1 saturated heterocycles. The lowest BCUT2D eigenvalue weighted by molar-refractivity contribution is -0.212. The van der Waals surface area contributed by atoms with Gasteiger partial charge < -0.3 is 18.9 Å². The minimum atomic E-state index is -2.91. The zero-order valence-corrected chi connectivity index (χ0v) is 18.3. The number of hydrogen-bond acceptors (Lipinski definition) is 6. The van der Waals surface area contributed by atoms with Crippen molar-refractivity contribution >= 4 is 5.71 Å². The molecule has 8 heteroatoms. The van der Waals surface area contributed by atoms with E-state index in [9.17, 15) is 8.78 Å². The summed E-state index contributed by atoms with van der Waals surface area (Å²) in [5.41, 5.74) is 1.08. The predicted octanol–water partition coefficient (Wildman–Crippen LogP) is 5.13. The van der Waals surface area contributed by atoms with Crippen molar-refractivity contribution in [1.82, 2.24) is 5.01 Å². The van der Waals surface area contributed by atoms with E-state index in [0.717, 1.165) is 5.56 Å². The Morgan fingerprint density at radius 2 is 1.91 bits per heavy atom.